The van der Waals surface area contributed by atoms with E-state index >= 15 is 8.78 Å². The van der Waals surface area contributed by atoms with Crippen LogP contribution in [0.15, 0.2) is 47.5 Å². The zero-order chi connectivity index (χ0) is 25.0. The first-order valence-electron chi connectivity index (χ1n) is 12.7. The maximum atomic E-state index is 15.5. The van der Waals surface area contributed by atoms with Crippen LogP contribution in [0, 0.1) is 11.8 Å². The summed E-state index contributed by atoms with van der Waals surface area (Å²) in [5.74, 6) is -2.43. The number of pyridine rings is 1. The molecule has 3 aliphatic carbocycles. The average Bonchev–Trinajstić information content (AvgIpc) is 3.70. The molecule has 0 aliphatic heterocycles. The summed E-state index contributed by atoms with van der Waals surface area (Å²) in [5, 5.41) is 19.2. The van der Waals surface area contributed by atoms with Gasteiger partial charge in [0, 0.05) is 31.3 Å². The summed E-state index contributed by atoms with van der Waals surface area (Å²) in [6.07, 6.45) is 8.53. The van der Waals surface area contributed by atoms with Crippen LogP contribution in [-0.4, -0.2) is 42.9 Å². The molecule has 188 valence electrons. The van der Waals surface area contributed by atoms with E-state index < -0.39 is 17.9 Å². The lowest BCUT2D eigenvalue weighted by atomic mass is 9.67. The van der Waals surface area contributed by atoms with Gasteiger partial charge in [0.05, 0.1) is 17.8 Å². The number of aryl methyl sites for hydroxylation is 1. The first-order valence-corrected chi connectivity index (χ1v) is 12.7. The van der Waals surface area contributed by atoms with Crippen LogP contribution < -0.4 is 10.5 Å². The number of halogens is 2. The van der Waals surface area contributed by atoms with Gasteiger partial charge in [0.1, 0.15) is 5.75 Å². The maximum absolute atomic E-state index is 15.5. The Bertz CT molecular complexity index is 1340. The van der Waals surface area contributed by atoms with E-state index in [0.29, 0.717) is 47.7 Å². The number of hydrogen-bond acceptors (Lipinski definition) is 6. The summed E-state index contributed by atoms with van der Waals surface area (Å²) in [6, 6.07) is 7.48. The summed E-state index contributed by atoms with van der Waals surface area (Å²) in [5.41, 5.74) is 1.61. The van der Waals surface area contributed by atoms with Crippen molar-refractivity contribution in [3.63, 3.8) is 0 Å². The number of hydrogen-bond donors (Lipinski definition) is 1. The molecule has 36 heavy (non-hydrogen) atoms. The van der Waals surface area contributed by atoms with Gasteiger partial charge in [-0.05, 0) is 67.3 Å². The van der Waals surface area contributed by atoms with Gasteiger partial charge in [-0.2, -0.15) is 0 Å². The van der Waals surface area contributed by atoms with Gasteiger partial charge in [-0.1, -0.05) is 18.9 Å². The topological polar surface area (TPSA) is 84.1 Å². The van der Waals surface area contributed by atoms with Gasteiger partial charge in [-0.15, -0.1) is 10.2 Å². The van der Waals surface area contributed by atoms with Crippen LogP contribution in [0.2, 0.25) is 0 Å². The van der Waals surface area contributed by atoms with Crippen molar-refractivity contribution in [3.8, 4) is 28.3 Å². The van der Waals surface area contributed by atoms with E-state index in [1.54, 1.807) is 42.4 Å². The molecule has 2 bridgehead atoms. The summed E-state index contributed by atoms with van der Waals surface area (Å²) in [6.45, 7) is 0. The van der Waals surface area contributed by atoms with Crippen LogP contribution in [0.1, 0.15) is 44.9 Å². The van der Waals surface area contributed by atoms with Gasteiger partial charge in [-0.3, -0.25) is 4.79 Å². The van der Waals surface area contributed by atoms with Gasteiger partial charge in [-0.25, -0.2) is 13.8 Å². The third-order valence-electron chi connectivity index (χ3n) is 8.09. The van der Waals surface area contributed by atoms with E-state index in [0.717, 1.165) is 25.7 Å². The third-order valence-corrected chi connectivity index (χ3v) is 8.09. The van der Waals surface area contributed by atoms with Gasteiger partial charge < -0.3 is 14.6 Å². The molecule has 6 rings (SSSR count). The lowest BCUT2D eigenvalue weighted by Crippen LogP contribution is -2.58. The SMILES string of the molecule is Cn1ccc(-c2ccc(-c3ncc(N(C4CC4)[C@H]4CC5CCC[C@H](C5)C4(F)F)nn3)c(O)c2)cc1=O. The fraction of sp³-hybridized carbons (Fsp3) is 0.481. The minimum atomic E-state index is -2.76. The number of fused-ring (bicyclic) bond motifs is 2. The third kappa shape index (κ3) is 4.04. The molecule has 0 amide bonds. The van der Waals surface area contributed by atoms with Crippen LogP contribution >= 0.6 is 0 Å². The Morgan fingerprint density at radius 3 is 2.56 bits per heavy atom. The van der Waals surface area contributed by atoms with Crippen molar-refractivity contribution in [1.82, 2.24) is 19.7 Å². The molecule has 3 aliphatic rings. The van der Waals surface area contributed by atoms with Crippen molar-refractivity contribution in [2.24, 2.45) is 18.9 Å². The highest BCUT2D eigenvalue weighted by molar-refractivity contribution is 5.72. The molecule has 0 radical (unpaired) electrons. The Morgan fingerprint density at radius 2 is 1.86 bits per heavy atom. The standard InChI is InChI=1S/C27H29F2N5O2/c1-33-10-9-18(14-25(33)36)17-5-8-21(22(35)13-17)26-30-15-24(31-32-26)34(20-6-7-20)23-12-16-3-2-4-19(11-16)27(23,28)29/h5,8-10,13-16,19-20,23,35H,2-4,6-7,11-12H2,1H3/t16?,19-,23+/m1/s1. The number of aromatic hydroxyl groups is 1. The van der Waals surface area contributed by atoms with Crippen LogP contribution in [-0.2, 0) is 7.05 Å². The summed E-state index contributed by atoms with van der Waals surface area (Å²) < 4.78 is 32.5. The van der Waals surface area contributed by atoms with E-state index in [1.165, 1.54) is 16.8 Å². The predicted octanol–water partition coefficient (Wildman–Crippen LogP) is 4.79. The van der Waals surface area contributed by atoms with Crippen LogP contribution in [0.4, 0.5) is 14.6 Å². The van der Waals surface area contributed by atoms with Gasteiger partial charge >= 0.3 is 0 Å². The minimum Gasteiger partial charge on any atom is -0.507 e. The van der Waals surface area contributed by atoms with Gasteiger partial charge in [0.15, 0.2) is 11.6 Å². The molecule has 3 aromatic rings. The molecule has 0 saturated heterocycles. The Labute approximate surface area is 207 Å². The van der Waals surface area contributed by atoms with Crippen molar-refractivity contribution >= 4 is 5.82 Å². The quantitative estimate of drug-likeness (QED) is 0.550. The lowest BCUT2D eigenvalue weighted by Gasteiger charge is -2.49. The lowest BCUT2D eigenvalue weighted by molar-refractivity contribution is -0.129. The first-order chi connectivity index (χ1) is 17.3. The fourth-order valence-corrected chi connectivity index (χ4v) is 5.99. The number of aromatic nitrogens is 4. The predicted molar refractivity (Wildman–Crippen MR) is 132 cm³/mol. The molecule has 3 fully saturated rings. The van der Waals surface area contributed by atoms with Crippen molar-refractivity contribution in [2.75, 3.05) is 4.90 Å². The number of phenols is 1. The molecular formula is C27H29F2N5O2. The maximum Gasteiger partial charge on any atom is 0.270 e. The largest absolute Gasteiger partial charge is 0.507 e. The number of rotatable bonds is 5. The minimum absolute atomic E-state index is 0.0478. The highest BCUT2D eigenvalue weighted by Gasteiger charge is 2.57. The van der Waals surface area contributed by atoms with Crippen LogP contribution in [0.25, 0.3) is 22.5 Å². The van der Waals surface area contributed by atoms with Crippen molar-refractivity contribution in [2.45, 2.75) is 63.0 Å². The average molecular weight is 494 g/mol. The number of phenolic OH excluding ortho intramolecular Hbond substituents is 1. The second kappa shape index (κ2) is 8.64. The molecule has 2 heterocycles. The van der Waals surface area contributed by atoms with E-state index in [-0.39, 0.29) is 23.2 Å². The summed E-state index contributed by atoms with van der Waals surface area (Å²) in [4.78, 5) is 18.2. The number of anilines is 1. The molecule has 1 N–H and O–H groups in total. The summed E-state index contributed by atoms with van der Waals surface area (Å²) >= 11 is 0. The van der Waals surface area contributed by atoms with E-state index in [2.05, 4.69) is 15.2 Å². The molecule has 2 aromatic heterocycles. The number of benzene rings is 1. The van der Waals surface area contributed by atoms with Crippen molar-refractivity contribution in [3.05, 3.63) is 53.1 Å². The van der Waals surface area contributed by atoms with Gasteiger partial charge in [0.25, 0.3) is 11.5 Å². The zero-order valence-corrected chi connectivity index (χ0v) is 20.1. The molecule has 3 atom stereocenters. The molecular weight excluding hydrogens is 464 g/mol. The molecule has 1 aromatic carbocycles. The first kappa shape index (κ1) is 23.1. The Hall–Kier alpha value is -3.36. The van der Waals surface area contributed by atoms with E-state index in [9.17, 15) is 9.90 Å². The molecule has 7 nitrogen and oxygen atoms in total. The van der Waals surface area contributed by atoms with Crippen LogP contribution in [0.3, 0.4) is 0 Å². The van der Waals surface area contributed by atoms with Gasteiger partial charge in [0.2, 0.25) is 0 Å². The molecule has 9 heteroatoms. The second-order valence-corrected chi connectivity index (χ2v) is 10.5. The number of alkyl halides is 2. The van der Waals surface area contributed by atoms with E-state index in [1.807, 2.05) is 0 Å². The summed E-state index contributed by atoms with van der Waals surface area (Å²) in [7, 11) is 1.67. The molecule has 3 saturated carbocycles. The van der Waals surface area contributed by atoms with Crippen LogP contribution in [0.5, 0.6) is 5.75 Å². The highest BCUT2D eigenvalue weighted by atomic mass is 19.3. The fourth-order valence-electron chi connectivity index (χ4n) is 5.99. The smallest absolute Gasteiger partial charge is 0.270 e. The van der Waals surface area contributed by atoms with Crippen molar-refractivity contribution < 1.29 is 13.9 Å². The zero-order valence-electron chi connectivity index (χ0n) is 20.1. The highest BCUT2D eigenvalue weighted by Crippen LogP contribution is 2.52. The van der Waals surface area contributed by atoms with Crippen molar-refractivity contribution in [1.29, 1.82) is 0 Å². The molecule has 1 unspecified atom stereocenters. The Kier molecular flexibility index (Phi) is 5.53. The monoisotopic (exact) mass is 493 g/mol. The second-order valence-electron chi connectivity index (χ2n) is 10.5. The Morgan fingerprint density at radius 1 is 1.06 bits per heavy atom. The van der Waals surface area contributed by atoms with E-state index in [4.69, 9.17) is 0 Å². The Balaban J connectivity index is 1.28. The number of nitrogens with zero attached hydrogens (tertiary/aromatic N) is 5. The normalized spacial score (nSPS) is 24.9. The molecule has 0 spiro atoms.